The number of rotatable bonds is 6. The van der Waals surface area contributed by atoms with E-state index in [0.717, 1.165) is 31.7 Å². The molecule has 2 aromatic heterocycles. The van der Waals surface area contributed by atoms with Gasteiger partial charge in [-0.25, -0.2) is 4.90 Å². The summed E-state index contributed by atoms with van der Waals surface area (Å²) in [7, 11) is 3.17. The normalized spacial score (nSPS) is 26.3. The van der Waals surface area contributed by atoms with Gasteiger partial charge < -0.3 is 9.84 Å². The minimum Gasteiger partial charge on any atom is -0.504 e. The Morgan fingerprint density at radius 2 is 1.76 bits per heavy atom. The van der Waals surface area contributed by atoms with Crippen LogP contribution in [0.3, 0.4) is 0 Å². The van der Waals surface area contributed by atoms with Crippen LogP contribution in [0, 0.1) is 36.0 Å². The Labute approximate surface area is 320 Å². The van der Waals surface area contributed by atoms with E-state index in [1.54, 1.807) is 54.3 Å². The largest absolute Gasteiger partial charge is 0.504 e. The molecule has 4 amide bonds. The lowest BCUT2D eigenvalue weighted by molar-refractivity contribution is -0.141. The number of imide groups is 2. The molecule has 6 atom stereocenters. The summed E-state index contributed by atoms with van der Waals surface area (Å²) in [5.74, 6) is -4.33. The zero-order chi connectivity index (χ0) is 37.8. The monoisotopic (exact) mass is 760 g/mol. The SMILES string of the molecule is COc1cccc(C2C3=CCC4C(=O)N(Cc5ccccc5)C(=O)C4C3CC3C(=O)N(c4cc(-c5sc6ccc(Cl)cc6c5C)nn4C)C(=O)C32C)c1O. The number of anilines is 1. The van der Waals surface area contributed by atoms with E-state index in [1.165, 1.54) is 16.9 Å². The Morgan fingerprint density at radius 3 is 2.52 bits per heavy atom. The van der Waals surface area contributed by atoms with Gasteiger partial charge in [-0.1, -0.05) is 65.7 Å². The number of ether oxygens (including phenoxy) is 1. The van der Waals surface area contributed by atoms with Crippen molar-refractivity contribution in [2.75, 3.05) is 12.0 Å². The van der Waals surface area contributed by atoms with Crippen molar-refractivity contribution in [2.45, 2.75) is 39.2 Å². The van der Waals surface area contributed by atoms with Gasteiger partial charge in [0.05, 0.1) is 41.7 Å². The molecule has 1 saturated carbocycles. The van der Waals surface area contributed by atoms with Crippen LogP contribution in [0.5, 0.6) is 11.5 Å². The number of halogens is 1. The molecule has 9 rings (SSSR count). The zero-order valence-electron chi connectivity index (χ0n) is 30.1. The van der Waals surface area contributed by atoms with Crippen LogP contribution in [0.1, 0.15) is 42.4 Å². The minimum atomic E-state index is -1.35. The highest BCUT2D eigenvalue weighted by molar-refractivity contribution is 7.22. The number of carbonyl (C=O) groups excluding carboxylic acids is 4. The van der Waals surface area contributed by atoms with Gasteiger partial charge in [0.25, 0.3) is 0 Å². The molecule has 4 aliphatic rings. The summed E-state index contributed by atoms with van der Waals surface area (Å²) in [5, 5.41) is 18.1. The van der Waals surface area contributed by atoms with Crippen molar-refractivity contribution in [3.8, 4) is 22.1 Å². The zero-order valence-corrected chi connectivity index (χ0v) is 31.6. The molecule has 1 N–H and O–H groups in total. The molecule has 12 heteroatoms. The third-order valence-corrected chi connectivity index (χ3v) is 13.9. The van der Waals surface area contributed by atoms with Crippen molar-refractivity contribution in [1.29, 1.82) is 0 Å². The lowest BCUT2D eigenvalue weighted by Gasteiger charge is -2.49. The molecule has 2 aliphatic carbocycles. The number of nitrogens with zero attached hydrogens (tertiary/aromatic N) is 4. The summed E-state index contributed by atoms with van der Waals surface area (Å²) in [6, 6.07) is 22.1. The van der Waals surface area contributed by atoms with Gasteiger partial charge in [-0.05, 0) is 73.4 Å². The number of aryl methyl sites for hydroxylation is 2. The maximum atomic E-state index is 15.1. The first kappa shape index (κ1) is 34.5. The molecule has 10 nitrogen and oxygen atoms in total. The van der Waals surface area contributed by atoms with Crippen LogP contribution in [0.25, 0.3) is 20.7 Å². The number of hydrogen-bond donors (Lipinski definition) is 1. The highest BCUT2D eigenvalue weighted by Crippen LogP contribution is 2.65. The van der Waals surface area contributed by atoms with E-state index in [1.807, 2.05) is 61.5 Å². The van der Waals surface area contributed by atoms with Crippen molar-refractivity contribution < 1.29 is 29.0 Å². The number of phenolic OH excluding ortho intramolecular Hbond substituents is 1. The van der Waals surface area contributed by atoms with Crippen LogP contribution in [-0.2, 0) is 32.8 Å². The van der Waals surface area contributed by atoms with Gasteiger partial charge in [-0.2, -0.15) is 5.10 Å². The Morgan fingerprint density at radius 1 is 0.981 bits per heavy atom. The van der Waals surface area contributed by atoms with E-state index in [9.17, 15) is 19.5 Å². The van der Waals surface area contributed by atoms with E-state index in [-0.39, 0.29) is 36.3 Å². The molecule has 4 heterocycles. The van der Waals surface area contributed by atoms with Gasteiger partial charge in [0.15, 0.2) is 11.5 Å². The van der Waals surface area contributed by atoms with Crippen LogP contribution >= 0.6 is 22.9 Å². The molecule has 274 valence electrons. The molecule has 6 unspecified atom stereocenters. The second-order valence-electron chi connectivity index (χ2n) is 15.0. The third-order valence-electron chi connectivity index (χ3n) is 12.3. The van der Waals surface area contributed by atoms with E-state index < -0.39 is 46.8 Å². The Kier molecular flexibility index (Phi) is 7.92. The van der Waals surface area contributed by atoms with E-state index in [4.69, 9.17) is 21.4 Å². The van der Waals surface area contributed by atoms with Crippen molar-refractivity contribution >= 4 is 62.5 Å². The molecule has 5 aromatic rings. The number of likely N-dealkylation sites (tertiary alicyclic amines) is 1. The fourth-order valence-corrected chi connectivity index (χ4v) is 11.0. The molecule has 0 bridgehead atoms. The fourth-order valence-electron chi connectivity index (χ4n) is 9.72. The van der Waals surface area contributed by atoms with E-state index in [0.29, 0.717) is 28.5 Å². The lowest BCUT2D eigenvalue weighted by Crippen LogP contribution is -2.49. The van der Waals surface area contributed by atoms with Crippen molar-refractivity contribution in [2.24, 2.45) is 36.1 Å². The van der Waals surface area contributed by atoms with Gasteiger partial charge in [0.2, 0.25) is 23.6 Å². The Balaban J connectivity index is 1.15. The number of methoxy groups -OCH3 is 1. The fraction of sp³-hybridized carbons (Fsp3) is 0.310. The number of fused-ring (bicyclic) bond motifs is 5. The summed E-state index contributed by atoms with van der Waals surface area (Å²) in [6.45, 7) is 3.96. The Bertz CT molecular complexity index is 2470. The number of carbonyl (C=O) groups is 4. The number of aromatic nitrogens is 2. The maximum absolute atomic E-state index is 15.1. The summed E-state index contributed by atoms with van der Waals surface area (Å²) < 4.78 is 8.11. The number of hydrogen-bond acceptors (Lipinski definition) is 8. The van der Waals surface area contributed by atoms with Gasteiger partial charge >= 0.3 is 0 Å². The van der Waals surface area contributed by atoms with Crippen molar-refractivity contribution in [3.63, 3.8) is 0 Å². The first-order chi connectivity index (χ1) is 25.9. The third kappa shape index (κ3) is 4.80. The van der Waals surface area contributed by atoms with Gasteiger partial charge in [-0.3, -0.25) is 28.8 Å². The number of aromatic hydroxyl groups is 1. The lowest BCUT2D eigenvalue weighted by atomic mass is 9.51. The average molecular weight is 761 g/mol. The predicted molar refractivity (Wildman–Crippen MR) is 205 cm³/mol. The molecule has 54 heavy (non-hydrogen) atoms. The number of thiophene rings is 1. The molecular formula is C42H37ClN4O6S. The molecular weight excluding hydrogens is 724 g/mol. The van der Waals surface area contributed by atoms with Crippen LogP contribution < -0.4 is 9.64 Å². The highest BCUT2D eigenvalue weighted by Gasteiger charge is 2.68. The van der Waals surface area contributed by atoms with Crippen molar-refractivity contribution in [1.82, 2.24) is 14.7 Å². The van der Waals surface area contributed by atoms with E-state index in [2.05, 4.69) is 0 Å². The van der Waals surface area contributed by atoms with Crippen LogP contribution in [0.15, 0.2) is 84.4 Å². The topological polar surface area (TPSA) is 122 Å². The highest BCUT2D eigenvalue weighted by atomic mass is 35.5. The van der Waals surface area contributed by atoms with Crippen LogP contribution in [-0.4, -0.2) is 50.5 Å². The first-order valence-corrected chi connectivity index (χ1v) is 19.2. The number of para-hydroxylation sites is 1. The number of benzene rings is 3. The second-order valence-corrected chi connectivity index (χ2v) is 16.5. The number of amides is 4. The van der Waals surface area contributed by atoms with E-state index >= 15 is 4.79 Å². The minimum absolute atomic E-state index is 0.130. The standard InChI is InChI=1S/C42H37ClN4O6S/c1-21-27-17-23(43)13-16-32(27)54-37(21)30-19-33(45(3)44-30)47-39(50)29-18-28-24(35(42(29,2)41(47)52)26-11-8-12-31(53-4)36(26)48)14-15-25-34(28)40(51)46(38(25)49)20-22-9-6-5-7-10-22/h5-14,16-17,19,25,28-29,34-35,48H,15,18,20H2,1-4H3. The number of allylic oxidation sites excluding steroid dienone is 2. The molecule has 3 fully saturated rings. The van der Waals surface area contributed by atoms with Gasteiger partial charge in [0, 0.05) is 34.3 Å². The first-order valence-electron chi connectivity index (χ1n) is 18.0. The Hall–Kier alpha value is -5.26. The quantitative estimate of drug-likeness (QED) is 0.141. The molecule has 2 aliphatic heterocycles. The smallest absolute Gasteiger partial charge is 0.242 e. The average Bonchev–Trinajstić information content (AvgIpc) is 3.83. The summed E-state index contributed by atoms with van der Waals surface area (Å²) in [5.41, 5.74) is 2.34. The predicted octanol–water partition coefficient (Wildman–Crippen LogP) is 7.41. The van der Waals surface area contributed by atoms with Crippen molar-refractivity contribution in [3.05, 3.63) is 106 Å². The van der Waals surface area contributed by atoms with Gasteiger partial charge in [-0.15, -0.1) is 11.3 Å². The molecule has 0 spiro atoms. The molecule has 0 radical (unpaired) electrons. The maximum Gasteiger partial charge on any atom is 0.242 e. The molecule has 2 saturated heterocycles. The second kappa shape index (κ2) is 12.4. The van der Waals surface area contributed by atoms with Crippen LogP contribution in [0.4, 0.5) is 5.82 Å². The van der Waals surface area contributed by atoms with Crippen LogP contribution in [0.2, 0.25) is 5.02 Å². The summed E-state index contributed by atoms with van der Waals surface area (Å²) in [6.07, 6.45) is 2.49. The summed E-state index contributed by atoms with van der Waals surface area (Å²) in [4.78, 5) is 61.7. The number of phenols is 1. The van der Waals surface area contributed by atoms with Gasteiger partial charge in [0.1, 0.15) is 11.5 Å². The summed E-state index contributed by atoms with van der Waals surface area (Å²) >= 11 is 7.88. The molecule has 3 aromatic carbocycles.